The molecular formula is C12H20O. The molecule has 0 N–H and O–H groups in total. The molecule has 0 unspecified atom stereocenters. The van der Waals surface area contributed by atoms with Gasteiger partial charge in [-0.15, -0.1) is 0 Å². The smallest absolute Gasteiger partial charge is 0.158 e. The molecule has 0 aliphatic heterocycles. The second kappa shape index (κ2) is 4.59. The summed E-state index contributed by atoms with van der Waals surface area (Å²) >= 11 is 0. The van der Waals surface area contributed by atoms with E-state index in [9.17, 15) is 4.79 Å². The molecule has 1 aliphatic rings. The maximum Gasteiger partial charge on any atom is 0.158 e. The Morgan fingerprint density at radius 3 is 2.38 bits per heavy atom. The zero-order valence-corrected chi connectivity index (χ0v) is 9.02. The SMILES string of the molecule is CC(=C1CCCCCC1=O)C(C)C. The third-order valence-corrected chi connectivity index (χ3v) is 3.01. The molecule has 1 rings (SSSR count). The Morgan fingerprint density at radius 2 is 1.77 bits per heavy atom. The Balaban J connectivity index is 2.85. The van der Waals surface area contributed by atoms with Crippen LogP contribution in [0, 0.1) is 5.92 Å². The van der Waals surface area contributed by atoms with Crippen LogP contribution in [0.2, 0.25) is 0 Å². The molecule has 0 atom stereocenters. The van der Waals surface area contributed by atoms with Gasteiger partial charge in [0.1, 0.15) is 0 Å². The van der Waals surface area contributed by atoms with Gasteiger partial charge in [-0.25, -0.2) is 0 Å². The van der Waals surface area contributed by atoms with Crippen LogP contribution in [-0.2, 0) is 4.79 Å². The number of hydrogen-bond acceptors (Lipinski definition) is 1. The number of hydrogen-bond donors (Lipinski definition) is 0. The van der Waals surface area contributed by atoms with Gasteiger partial charge in [-0.05, 0) is 37.7 Å². The molecular weight excluding hydrogens is 160 g/mol. The number of rotatable bonds is 1. The van der Waals surface area contributed by atoms with E-state index in [1.54, 1.807) is 0 Å². The summed E-state index contributed by atoms with van der Waals surface area (Å²) in [6, 6.07) is 0. The Hall–Kier alpha value is -0.590. The standard InChI is InChI=1S/C12H20O/c1-9(2)10(3)11-7-5-4-6-8-12(11)13/h9H,4-8H2,1-3H3. The predicted molar refractivity (Wildman–Crippen MR) is 55.6 cm³/mol. The van der Waals surface area contributed by atoms with Crippen LogP contribution in [0.15, 0.2) is 11.1 Å². The summed E-state index contributed by atoms with van der Waals surface area (Å²) in [5, 5.41) is 0. The Labute approximate surface area is 81.2 Å². The second-order valence-electron chi connectivity index (χ2n) is 4.30. The van der Waals surface area contributed by atoms with E-state index in [1.165, 1.54) is 18.4 Å². The van der Waals surface area contributed by atoms with Gasteiger partial charge in [-0.2, -0.15) is 0 Å². The molecule has 0 aromatic carbocycles. The molecule has 1 fully saturated rings. The van der Waals surface area contributed by atoms with Gasteiger partial charge in [0.15, 0.2) is 5.78 Å². The second-order valence-corrected chi connectivity index (χ2v) is 4.30. The van der Waals surface area contributed by atoms with E-state index in [0.29, 0.717) is 11.7 Å². The highest BCUT2D eigenvalue weighted by Crippen LogP contribution is 2.25. The topological polar surface area (TPSA) is 17.1 Å². The molecule has 0 saturated heterocycles. The number of Topliss-reactive ketones (excluding diaryl/α,β-unsaturated/α-hetero) is 1. The minimum absolute atomic E-state index is 0.406. The first-order valence-corrected chi connectivity index (χ1v) is 5.35. The van der Waals surface area contributed by atoms with Crippen LogP contribution in [0.3, 0.4) is 0 Å². The van der Waals surface area contributed by atoms with Crippen LogP contribution in [0.1, 0.15) is 52.9 Å². The molecule has 74 valence electrons. The molecule has 0 aromatic heterocycles. The molecule has 0 amide bonds. The van der Waals surface area contributed by atoms with Crippen molar-refractivity contribution in [3.8, 4) is 0 Å². The minimum atomic E-state index is 0.406. The van der Waals surface area contributed by atoms with Crippen molar-refractivity contribution in [3.05, 3.63) is 11.1 Å². The molecule has 0 radical (unpaired) electrons. The van der Waals surface area contributed by atoms with Gasteiger partial charge in [-0.1, -0.05) is 25.8 Å². The Morgan fingerprint density at radius 1 is 1.15 bits per heavy atom. The maximum atomic E-state index is 11.7. The minimum Gasteiger partial charge on any atom is -0.295 e. The fourth-order valence-corrected chi connectivity index (χ4v) is 1.82. The van der Waals surface area contributed by atoms with E-state index >= 15 is 0 Å². The largest absolute Gasteiger partial charge is 0.295 e. The summed E-state index contributed by atoms with van der Waals surface area (Å²) in [7, 11) is 0. The van der Waals surface area contributed by atoms with Gasteiger partial charge in [-0.3, -0.25) is 4.79 Å². The van der Waals surface area contributed by atoms with Gasteiger partial charge in [0.05, 0.1) is 0 Å². The van der Waals surface area contributed by atoms with E-state index < -0.39 is 0 Å². The summed E-state index contributed by atoms with van der Waals surface area (Å²) in [4.78, 5) is 11.7. The van der Waals surface area contributed by atoms with Crippen LogP contribution in [-0.4, -0.2) is 5.78 Å². The Kier molecular flexibility index (Phi) is 3.71. The van der Waals surface area contributed by atoms with Crippen LogP contribution in [0.25, 0.3) is 0 Å². The van der Waals surface area contributed by atoms with E-state index in [1.807, 2.05) is 0 Å². The van der Waals surface area contributed by atoms with Crippen LogP contribution < -0.4 is 0 Å². The summed E-state index contributed by atoms with van der Waals surface area (Å²) < 4.78 is 0. The van der Waals surface area contributed by atoms with Crippen molar-refractivity contribution in [2.75, 3.05) is 0 Å². The maximum absolute atomic E-state index is 11.7. The number of carbonyl (C=O) groups is 1. The third-order valence-electron chi connectivity index (χ3n) is 3.01. The van der Waals surface area contributed by atoms with E-state index in [0.717, 1.165) is 24.8 Å². The lowest BCUT2D eigenvalue weighted by molar-refractivity contribution is -0.115. The highest BCUT2D eigenvalue weighted by Gasteiger charge is 2.16. The van der Waals surface area contributed by atoms with Crippen molar-refractivity contribution in [1.82, 2.24) is 0 Å². The molecule has 1 nitrogen and oxygen atoms in total. The molecule has 1 aliphatic carbocycles. The first-order chi connectivity index (χ1) is 6.13. The summed E-state index contributed by atoms with van der Waals surface area (Å²) in [5.74, 6) is 0.931. The highest BCUT2D eigenvalue weighted by atomic mass is 16.1. The first-order valence-electron chi connectivity index (χ1n) is 5.35. The third kappa shape index (κ3) is 2.68. The average molecular weight is 180 g/mol. The van der Waals surface area contributed by atoms with E-state index in [4.69, 9.17) is 0 Å². The van der Waals surface area contributed by atoms with Crippen molar-refractivity contribution in [1.29, 1.82) is 0 Å². The monoisotopic (exact) mass is 180 g/mol. The lowest BCUT2D eigenvalue weighted by Gasteiger charge is -2.11. The van der Waals surface area contributed by atoms with Gasteiger partial charge in [0.25, 0.3) is 0 Å². The Bertz CT molecular complexity index is 223. The molecule has 0 heterocycles. The predicted octanol–water partition coefficient (Wildman–Crippen LogP) is 3.49. The van der Waals surface area contributed by atoms with Gasteiger partial charge >= 0.3 is 0 Å². The highest BCUT2D eigenvalue weighted by molar-refractivity contribution is 5.96. The van der Waals surface area contributed by atoms with Crippen LogP contribution in [0.5, 0.6) is 0 Å². The zero-order valence-electron chi connectivity index (χ0n) is 9.02. The molecule has 0 aromatic rings. The van der Waals surface area contributed by atoms with Crippen molar-refractivity contribution in [3.63, 3.8) is 0 Å². The lowest BCUT2D eigenvalue weighted by atomic mass is 9.93. The number of allylic oxidation sites excluding steroid dienone is 2. The quantitative estimate of drug-likeness (QED) is 0.446. The average Bonchev–Trinajstić information content (AvgIpc) is 2.28. The van der Waals surface area contributed by atoms with Crippen molar-refractivity contribution >= 4 is 5.78 Å². The summed E-state index contributed by atoms with van der Waals surface area (Å²) in [5.41, 5.74) is 2.44. The van der Waals surface area contributed by atoms with Gasteiger partial charge in [0, 0.05) is 6.42 Å². The molecule has 0 bridgehead atoms. The van der Waals surface area contributed by atoms with Crippen molar-refractivity contribution in [2.45, 2.75) is 52.9 Å². The molecule has 1 saturated carbocycles. The molecule has 1 heteroatoms. The fraction of sp³-hybridized carbons (Fsp3) is 0.750. The first kappa shape index (κ1) is 10.5. The van der Waals surface area contributed by atoms with E-state index in [2.05, 4.69) is 20.8 Å². The van der Waals surface area contributed by atoms with Crippen molar-refractivity contribution < 1.29 is 4.79 Å². The van der Waals surface area contributed by atoms with Gasteiger partial charge in [0.2, 0.25) is 0 Å². The fourth-order valence-electron chi connectivity index (χ4n) is 1.82. The molecule has 0 spiro atoms. The number of ketones is 1. The summed E-state index contributed by atoms with van der Waals surface area (Å²) in [6.45, 7) is 6.45. The van der Waals surface area contributed by atoms with E-state index in [-0.39, 0.29) is 0 Å². The van der Waals surface area contributed by atoms with Crippen LogP contribution in [0.4, 0.5) is 0 Å². The van der Waals surface area contributed by atoms with Crippen molar-refractivity contribution in [2.24, 2.45) is 5.92 Å². The summed E-state index contributed by atoms with van der Waals surface area (Å²) in [6.07, 6.45) is 5.31. The molecule has 13 heavy (non-hydrogen) atoms. The number of carbonyl (C=O) groups excluding carboxylic acids is 1. The normalized spacial score (nSPS) is 23.2. The van der Waals surface area contributed by atoms with Gasteiger partial charge < -0.3 is 0 Å². The van der Waals surface area contributed by atoms with Crippen LogP contribution >= 0.6 is 0 Å². The lowest BCUT2D eigenvalue weighted by Crippen LogP contribution is -2.05. The zero-order chi connectivity index (χ0) is 9.84.